The van der Waals surface area contributed by atoms with E-state index in [-0.39, 0.29) is 11.3 Å². The van der Waals surface area contributed by atoms with E-state index in [1.807, 2.05) is 0 Å². The van der Waals surface area contributed by atoms with Crippen LogP contribution in [0.1, 0.15) is 33.9 Å². The fraction of sp³-hybridized carbons (Fsp3) is 0.0500. The summed E-state index contributed by atoms with van der Waals surface area (Å²) in [7, 11) is 0. The highest BCUT2D eigenvalue weighted by Crippen LogP contribution is 2.49. The molecule has 122 valence electrons. The minimum atomic E-state index is -0.729. The number of rotatable bonds is 2. The van der Waals surface area contributed by atoms with Gasteiger partial charge in [0.25, 0.3) is 0 Å². The molecule has 0 saturated heterocycles. The van der Waals surface area contributed by atoms with Gasteiger partial charge in [-0.2, -0.15) is 5.26 Å². The minimum absolute atomic E-state index is 0.121. The minimum Gasteiger partial charge on any atom is -0.508 e. The Kier molecular flexibility index (Phi) is 3.33. The van der Waals surface area contributed by atoms with Gasteiger partial charge in [-0.3, -0.25) is 0 Å². The van der Waals surface area contributed by atoms with Crippen molar-refractivity contribution < 1.29 is 19.0 Å². The number of nitrogens with zero attached hydrogens (tertiary/aromatic N) is 1. The zero-order valence-corrected chi connectivity index (χ0v) is 12.9. The Hall–Kier alpha value is -3.52. The molecule has 5 heteroatoms. The van der Waals surface area contributed by atoms with Crippen LogP contribution in [0.3, 0.4) is 0 Å². The summed E-state index contributed by atoms with van der Waals surface area (Å²) in [5.74, 6) is -1.39. The largest absolute Gasteiger partial charge is 0.508 e. The maximum absolute atomic E-state index is 14.7. The molecule has 0 saturated carbocycles. The number of furan rings is 1. The number of halogens is 1. The first kappa shape index (κ1) is 15.0. The van der Waals surface area contributed by atoms with E-state index in [1.54, 1.807) is 24.3 Å². The van der Waals surface area contributed by atoms with Gasteiger partial charge >= 0.3 is 0 Å². The second kappa shape index (κ2) is 5.53. The average Bonchev–Trinajstić information content (AvgIpc) is 3.22. The van der Waals surface area contributed by atoms with E-state index in [2.05, 4.69) is 6.07 Å². The highest BCUT2D eigenvalue weighted by molar-refractivity contribution is 5.94. The number of nitriles is 1. The second-order valence-electron chi connectivity index (χ2n) is 5.79. The van der Waals surface area contributed by atoms with Crippen molar-refractivity contribution in [3.63, 3.8) is 0 Å². The van der Waals surface area contributed by atoms with Crippen molar-refractivity contribution in [1.82, 2.24) is 0 Å². The summed E-state index contributed by atoms with van der Waals surface area (Å²) < 4.78 is 20.2. The first-order valence-corrected chi connectivity index (χ1v) is 7.60. The van der Waals surface area contributed by atoms with Gasteiger partial charge in [0.05, 0.1) is 17.7 Å². The van der Waals surface area contributed by atoms with Gasteiger partial charge in [0.2, 0.25) is 0 Å². The van der Waals surface area contributed by atoms with E-state index in [9.17, 15) is 19.9 Å². The molecule has 0 spiro atoms. The van der Waals surface area contributed by atoms with E-state index in [0.717, 1.165) is 11.1 Å². The van der Waals surface area contributed by atoms with Crippen LogP contribution in [0.15, 0.2) is 53.1 Å². The Morgan fingerprint density at radius 1 is 1.04 bits per heavy atom. The number of phenolic OH excluding ortho intramolecular Hbond substituents is 2. The molecule has 0 amide bonds. The Morgan fingerprint density at radius 3 is 2.52 bits per heavy atom. The van der Waals surface area contributed by atoms with E-state index >= 15 is 0 Å². The SMILES string of the molecule is N#Cc1ccoc1C1C(c2ccc(O)cc2)=Cc2ccc(O)c(F)c21. The van der Waals surface area contributed by atoms with E-state index < -0.39 is 17.5 Å². The molecule has 4 nitrogen and oxygen atoms in total. The number of benzene rings is 2. The first-order valence-electron chi connectivity index (χ1n) is 7.60. The number of allylic oxidation sites excluding steroid dienone is 1. The van der Waals surface area contributed by atoms with Crippen LogP contribution >= 0.6 is 0 Å². The molecule has 0 radical (unpaired) electrons. The molecule has 1 heterocycles. The average molecular weight is 333 g/mol. The lowest BCUT2D eigenvalue weighted by Gasteiger charge is -2.16. The Bertz CT molecular complexity index is 1040. The number of hydrogen-bond donors (Lipinski definition) is 2. The molecule has 4 rings (SSSR count). The molecule has 1 aliphatic rings. The molecule has 0 fully saturated rings. The standard InChI is InChI=1S/C20H12FNO3/c21-19-16(24)6-3-12-9-15(11-1-4-14(23)5-2-11)18(17(12)19)20-13(10-22)7-8-25-20/h1-9,18,23-24H. The van der Waals surface area contributed by atoms with Gasteiger partial charge in [-0.25, -0.2) is 4.39 Å². The van der Waals surface area contributed by atoms with Crippen molar-refractivity contribution in [2.24, 2.45) is 0 Å². The summed E-state index contributed by atoms with van der Waals surface area (Å²) in [5.41, 5.74) is 2.69. The fourth-order valence-electron chi connectivity index (χ4n) is 3.24. The van der Waals surface area contributed by atoms with Crippen LogP contribution in [0.5, 0.6) is 11.5 Å². The fourth-order valence-corrected chi connectivity index (χ4v) is 3.24. The maximum atomic E-state index is 14.7. The Balaban J connectivity index is 1.96. The summed E-state index contributed by atoms with van der Waals surface area (Å²) in [6.45, 7) is 0. The molecule has 1 aliphatic carbocycles. The monoisotopic (exact) mass is 333 g/mol. The predicted molar refractivity (Wildman–Crippen MR) is 89.3 cm³/mol. The van der Waals surface area contributed by atoms with Crippen LogP contribution < -0.4 is 0 Å². The van der Waals surface area contributed by atoms with Crippen LogP contribution in [0.25, 0.3) is 11.6 Å². The topological polar surface area (TPSA) is 77.4 Å². The quantitative estimate of drug-likeness (QED) is 0.729. The van der Waals surface area contributed by atoms with Crippen molar-refractivity contribution in [3.8, 4) is 17.6 Å². The highest BCUT2D eigenvalue weighted by atomic mass is 19.1. The van der Waals surface area contributed by atoms with Gasteiger partial charge in [-0.1, -0.05) is 18.2 Å². The maximum Gasteiger partial charge on any atom is 0.169 e. The lowest BCUT2D eigenvalue weighted by molar-refractivity contribution is 0.426. The summed E-state index contributed by atoms with van der Waals surface area (Å²) in [5, 5.41) is 28.6. The van der Waals surface area contributed by atoms with E-state index in [4.69, 9.17) is 4.42 Å². The zero-order valence-electron chi connectivity index (χ0n) is 12.9. The third-order valence-corrected chi connectivity index (χ3v) is 4.38. The predicted octanol–water partition coefficient (Wildman–Crippen LogP) is 4.39. The van der Waals surface area contributed by atoms with E-state index in [1.165, 1.54) is 30.5 Å². The highest BCUT2D eigenvalue weighted by Gasteiger charge is 2.35. The molecule has 3 aromatic rings. The molecule has 1 unspecified atom stereocenters. The third kappa shape index (κ3) is 2.27. The van der Waals surface area contributed by atoms with Crippen molar-refractivity contribution in [2.75, 3.05) is 0 Å². The van der Waals surface area contributed by atoms with Crippen LogP contribution in [-0.4, -0.2) is 10.2 Å². The summed E-state index contributed by atoms with van der Waals surface area (Å²) >= 11 is 0. The molecule has 2 aromatic carbocycles. The summed E-state index contributed by atoms with van der Waals surface area (Å²) in [6.07, 6.45) is 3.19. The lowest BCUT2D eigenvalue weighted by atomic mass is 9.87. The first-order chi connectivity index (χ1) is 12.1. The van der Waals surface area contributed by atoms with Crippen molar-refractivity contribution in [3.05, 3.63) is 82.6 Å². The molecular formula is C20H12FNO3. The van der Waals surface area contributed by atoms with Crippen LogP contribution in [0.2, 0.25) is 0 Å². The van der Waals surface area contributed by atoms with Gasteiger partial charge in [-0.05, 0) is 47.0 Å². The van der Waals surface area contributed by atoms with Crippen LogP contribution in [0.4, 0.5) is 4.39 Å². The molecule has 1 aromatic heterocycles. The van der Waals surface area contributed by atoms with Crippen molar-refractivity contribution in [1.29, 1.82) is 5.26 Å². The van der Waals surface area contributed by atoms with Gasteiger partial charge in [0, 0.05) is 5.56 Å². The Labute approximate surface area is 142 Å². The lowest BCUT2D eigenvalue weighted by Crippen LogP contribution is -2.04. The van der Waals surface area contributed by atoms with Crippen molar-refractivity contribution >= 4 is 11.6 Å². The molecular weight excluding hydrogens is 321 g/mol. The van der Waals surface area contributed by atoms with Gasteiger partial charge in [0.1, 0.15) is 17.6 Å². The zero-order chi connectivity index (χ0) is 17.6. The summed E-state index contributed by atoms with van der Waals surface area (Å²) in [4.78, 5) is 0. The van der Waals surface area contributed by atoms with Crippen LogP contribution in [-0.2, 0) is 0 Å². The van der Waals surface area contributed by atoms with Gasteiger partial charge in [0.15, 0.2) is 11.6 Å². The normalized spacial score (nSPS) is 15.5. The number of hydrogen-bond acceptors (Lipinski definition) is 4. The van der Waals surface area contributed by atoms with Gasteiger partial charge < -0.3 is 14.6 Å². The number of aromatic hydroxyl groups is 2. The van der Waals surface area contributed by atoms with Crippen LogP contribution in [0, 0.1) is 17.1 Å². The summed E-state index contributed by atoms with van der Waals surface area (Å²) in [6, 6.07) is 13.0. The third-order valence-electron chi connectivity index (χ3n) is 4.38. The van der Waals surface area contributed by atoms with Gasteiger partial charge in [-0.15, -0.1) is 0 Å². The van der Waals surface area contributed by atoms with E-state index in [0.29, 0.717) is 16.9 Å². The molecule has 0 aliphatic heterocycles. The molecule has 0 bridgehead atoms. The molecule has 1 atom stereocenters. The van der Waals surface area contributed by atoms with Crippen molar-refractivity contribution in [2.45, 2.75) is 5.92 Å². The smallest absolute Gasteiger partial charge is 0.169 e. The number of fused-ring (bicyclic) bond motifs is 1. The number of phenols is 2. The Morgan fingerprint density at radius 2 is 1.80 bits per heavy atom. The molecule has 25 heavy (non-hydrogen) atoms. The second-order valence-corrected chi connectivity index (χ2v) is 5.79. The molecule has 2 N–H and O–H groups in total.